The number of aryl methyl sites for hydroxylation is 1. The second-order valence-corrected chi connectivity index (χ2v) is 7.52. The average molecular weight is 347 g/mol. The Balaban J connectivity index is 1.86. The maximum Gasteiger partial charge on any atom is 0.230 e. The van der Waals surface area contributed by atoms with Crippen LogP contribution in [0.15, 0.2) is 24.3 Å². The number of hydrogen-bond acceptors (Lipinski definition) is 2. The van der Waals surface area contributed by atoms with Gasteiger partial charge in [0.1, 0.15) is 7.85 Å². The van der Waals surface area contributed by atoms with E-state index in [0.717, 1.165) is 31.6 Å². The van der Waals surface area contributed by atoms with Crippen LogP contribution in [-0.2, 0) is 18.3 Å². The van der Waals surface area contributed by atoms with Crippen molar-refractivity contribution in [2.75, 3.05) is 26.7 Å². The molecule has 0 spiro atoms. The molecule has 2 atom stereocenters. The zero-order valence-electron chi connectivity index (χ0n) is 16.1. The van der Waals surface area contributed by atoms with Crippen molar-refractivity contribution in [2.45, 2.75) is 26.3 Å². The Bertz CT molecular complexity index is 910. The first kappa shape index (κ1) is 17.4. The molecule has 0 saturated carbocycles. The lowest BCUT2D eigenvalue weighted by Crippen LogP contribution is -2.48. The van der Waals surface area contributed by atoms with E-state index in [1.165, 1.54) is 27.6 Å². The van der Waals surface area contributed by atoms with Crippen LogP contribution in [-0.4, -0.2) is 60.8 Å². The van der Waals surface area contributed by atoms with Crippen molar-refractivity contribution in [3.8, 4) is 0 Å². The number of hydrogen-bond donors (Lipinski definition) is 0. The van der Waals surface area contributed by atoms with Gasteiger partial charge in [-0.25, -0.2) is 0 Å². The summed E-state index contributed by atoms with van der Waals surface area (Å²) in [5, 5.41) is 1.26. The van der Waals surface area contributed by atoms with Gasteiger partial charge in [0.25, 0.3) is 0 Å². The Morgan fingerprint density at radius 2 is 2.00 bits per heavy atom. The van der Waals surface area contributed by atoms with E-state index in [4.69, 9.17) is 7.85 Å². The summed E-state index contributed by atoms with van der Waals surface area (Å²) in [5.41, 5.74) is 5.81. The molecule has 4 nitrogen and oxygen atoms in total. The van der Waals surface area contributed by atoms with Crippen molar-refractivity contribution >= 4 is 35.8 Å². The van der Waals surface area contributed by atoms with E-state index >= 15 is 0 Å². The lowest BCUT2D eigenvalue weighted by atomic mass is 9.77. The molecule has 1 aromatic carbocycles. The minimum absolute atomic E-state index is 0.0796. The van der Waals surface area contributed by atoms with E-state index in [0.29, 0.717) is 6.04 Å². The summed E-state index contributed by atoms with van der Waals surface area (Å²) in [6, 6.07) is 6.70. The molecule has 4 rings (SSSR count). The number of amides is 1. The first-order valence-electron chi connectivity index (χ1n) is 9.54. The molecule has 134 valence electrons. The Morgan fingerprint density at radius 3 is 2.69 bits per heavy atom. The second kappa shape index (κ2) is 6.31. The number of nitrogens with zero attached hydrogens (tertiary/aromatic N) is 3. The van der Waals surface area contributed by atoms with Gasteiger partial charge in [-0.1, -0.05) is 18.2 Å². The van der Waals surface area contributed by atoms with Gasteiger partial charge in [0.05, 0.1) is 5.92 Å². The molecule has 1 aliphatic carbocycles. The molecule has 2 aliphatic rings. The van der Waals surface area contributed by atoms with E-state index in [2.05, 4.69) is 40.8 Å². The predicted molar refractivity (Wildman–Crippen MR) is 108 cm³/mol. The smallest absolute Gasteiger partial charge is 0.230 e. The van der Waals surface area contributed by atoms with Gasteiger partial charge in [-0.15, -0.1) is 0 Å². The van der Waals surface area contributed by atoms with Gasteiger partial charge in [0.15, 0.2) is 0 Å². The number of likely N-dealkylation sites (N-methyl/N-ethyl adjacent to an activating group) is 1. The van der Waals surface area contributed by atoms with Crippen LogP contribution in [0.5, 0.6) is 0 Å². The number of carbonyl (C=O) groups is 1. The van der Waals surface area contributed by atoms with Crippen LogP contribution in [0.25, 0.3) is 16.5 Å². The van der Waals surface area contributed by atoms with E-state index < -0.39 is 0 Å². The molecule has 2 heterocycles. The van der Waals surface area contributed by atoms with Gasteiger partial charge in [-0.3, -0.25) is 9.69 Å². The zero-order valence-corrected chi connectivity index (χ0v) is 16.1. The maximum atomic E-state index is 13.0. The molecule has 5 heteroatoms. The monoisotopic (exact) mass is 347 g/mol. The Kier molecular flexibility index (Phi) is 4.22. The van der Waals surface area contributed by atoms with Crippen LogP contribution in [0.2, 0.25) is 0 Å². The highest BCUT2D eigenvalue weighted by atomic mass is 16.2. The zero-order chi connectivity index (χ0) is 18.6. The summed E-state index contributed by atoms with van der Waals surface area (Å²) in [6.07, 6.45) is 3.14. The van der Waals surface area contributed by atoms with Crippen LogP contribution < -0.4 is 5.59 Å². The van der Waals surface area contributed by atoms with Gasteiger partial charge in [-0.2, -0.15) is 0 Å². The first-order chi connectivity index (χ1) is 12.5. The molecule has 1 aliphatic heterocycles. The van der Waals surface area contributed by atoms with Crippen LogP contribution in [0.1, 0.15) is 25.0 Å². The van der Waals surface area contributed by atoms with Crippen molar-refractivity contribution in [3.05, 3.63) is 35.4 Å². The fourth-order valence-electron chi connectivity index (χ4n) is 4.75. The van der Waals surface area contributed by atoms with E-state index in [-0.39, 0.29) is 11.8 Å². The average Bonchev–Trinajstić information content (AvgIpc) is 2.89. The van der Waals surface area contributed by atoms with E-state index in [1.807, 2.05) is 25.8 Å². The number of aromatic nitrogens is 1. The van der Waals surface area contributed by atoms with Crippen LogP contribution in [0, 0.1) is 5.92 Å². The highest BCUT2D eigenvalue weighted by Crippen LogP contribution is 2.40. The minimum Gasteiger partial charge on any atom is -0.358 e. The fraction of sp³-hybridized carbons (Fsp3) is 0.476. The predicted octanol–water partition coefficient (Wildman–Crippen LogP) is 1.71. The second-order valence-electron chi connectivity index (χ2n) is 7.52. The van der Waals surface area contributed by atoms with Crippen molar-refractivity contribution < 1.29 is 4.79 Å². The van der Waals surface area contributed by atoms with Crippen LogP contribution in [0.4, 0.5) is 0 Å². The Labute approximate surface area is 156 Å². The van der Waals surface area contributed by atoms with E-state index in [1.54, 1.807) is 0 Å². The molecule has 1 amide bonds. The molecule has 1 unspecified atom stereocenters. The van der Waals surface area contributed by atoms with Gasteiger partial charge in [0.2, 0.25) is 5.91 Å². The largest absolute Gasteiger partial charge is 0.358 e. The summed E-state index contributed by atoms with van der Waals surface area (Å²) in [5.74, 6) is 0.155. The molecule has 2 aromatic rings. The Hall–Kier alpha value is -2.01. The van der Waals surface area contributed by atoms with Gasteiger partial charge < -0.3 is 9.47 Å². The third-order valence-electron chi connectivity index (χ3n) is 6.23. The quantitative estimate of drug-likeness (QED) is 0.791. The molecule has 0 fully saturated rings. The summed E-state index contributed by atoms with van der Waals surface area (Å²) in [4.78, 5) is 17.2. The number of rotatable bonds is 3. The van der Waals surface area contributed by atoms with Crippen LogP contribution in [0.3, 0.4) is 0 Å². The molecular weight excluding hydrogens is 321 g/mol. The molecule has 0 bridgehead atoms. The van der Waals surface area contributed by atoms with Crippen LogP contribution >= 0.6 is 0 Å². The SMILES string of the molecule is [B]c1c2c3c(cccc3n1C)C1=C[C@@H](C(=O)N(CC)CC)CN(C)C1C2. The van der Waals surface area contributed by atoms with Gasteiger partial charge >= 0.3 is 0 Å². The summed E-state index contributed by atoms with van der Waals surface area (Å²) in [7, 11) is 10.6. The molecular formula is C21H26BN3O. The van der Waals surface area contributed by atoms with Gasteiger partial charge in [-0.05, 0) is 55.7 Å². The highest BCUT2D eigenvalue weighted by Gasteiger charge is 2.37. The summed E-state index contributed by atoms with van der Waals surface area (Å²) >= 11 is 0. The minimum atomic E-state index is -0.0796. The van der Waals surface area contributed by atoms with Crippen molar-refractivity contribution in [3.63, 3.8) is 0 Å². The topological polar surface area (TPSA) is 28.5 Å². The lowest BCUT2D eigenvalue weighted by molar-refractivity contribution is -0.134. The number of fused-ring (bicyclic) bond motifs is 2. The normalized spacial score (nSPS) is 22.2. The van der Waals surface area contributed by atoms with Crippen molar-refractivity contribution in [1.82, 2.24) is 14.4 Å². The van der Waals surface area contributed by atoms with Crippen molar-refractivity contribution in [1.29, 1.82) is 0 Å². The molecule has 0 saturated heterocycles. The molecule has 0 N–H and O–H groups in total. The van der Waals surface area contributed by atoms with Crippen molar-refractivity contribution in [2.24, 2.45) is 13.0 Å². The molecule has 1 aromatic heterocycles. The maximum absolute atomic E-state index is 13.0. The Morgan fingerprint density at radius 1 is 1.27 bits per heavy atom. The van der Waals surface area contributed by atoms with Gasteiger partial charge in [0, 0.05) is 43.6 Å². The standard InChI is InChI=1S/C21H26BN3O/c1-5-25(6-2)21(26)13-10-15-14-8-7-9-17-19(14)16(20(22)24(17)4)11-18(15)23(3)12-13/h7-10,13,18H,5-6,11-12H2,1-4H3/t13-,18?/m1/s1. The molecule has 26 heavy (non-hydrogen) atoms. The number of benzene rings is 1. The first-order valence-corrected chi connectivity index (χ1v) is 9.54. The lowest BCUT2D eigenvalue weighted by Gasteiger charge is -2.40. The van der Waals surface area contributed by atoms with E-state index in [9.17, 15) is 4.79 Å². The molecule has 2 radical (unpaired) electrons. The third-order valence-corrected chi connectivity index (χ3v) is 6.23. The number of carbonyl (C=O) groups excluding carboxylic acids is 1. The summed E-state index contributed by atoms with van der Waals surface area (Å²) < 4.78 is 2.09. The third kappa shape index (κ3) is 2.37. The summed E-state index contributed by atoms with van der Waals surface area (Å²) in [6.45, 7) is 6.38. The highest BCUT2D eigenvalue weighted by molar-refractivity contribution is 6.34. The fourth-order valence-corrected chi connectivity index (χ4v) is 4.75.